The highest BCUT2D eigenvalue weighted by molar-refractivity contribution is 7.17. The van der Waals surface area contributed by atoms with E-state index in [0.29, 0.717) is 23.5 Å². The predicted octanol–water partition coefficient (Wildman–Crippen LogP) is 4.57. The lowest BCUT2D eigenvalue weighted by atomic mass is 10.0. The molecule has 0 radical (unpaired) electrons. The van der Waals surface area contributed by atoms with Gasteiger partial charge in [0.2, 0.25) is 0 Å². The number of ether oxygens (including phenoxy) is 1. The molecule has 1 amide bonds. The van der Waals surface area contributed by atoms with Crippen molar-refractivity contribution in [1.82, 2.24) is 4.90 Å². The Balaban J connectivity index is 1.93. The third kappa shape index (κ3) is 4.62. The summed E-state index contributed by atoms with van der Waals surface area (Å²) < 4.78 is 44.0. The van der Waals surface area contributed by atoms with Gasteiger partial charge in [-0.15, -0.1) is 11.3 Å². The fourth-order valence-corrected chi connectivity index (χ4v) is 4.52. The Kier molecular flexibility index (Phi) is 6.28. The van der Waals surface area contributed by atoms with Crippen molar-refractivity contribution in [3.05, 3.63) is 51.4 Å². The zero-order chi connectivity index (χ0) is 21.2. The van der Waals surface area contributed by atoms with Crippen LogP contribution in [-0.4, -0.2) is 36.5 Å². The molecule has 0 atom stereocenters. The number of amides is 1. The Labute approximate surface area is 170 Å². The summed E-state index contributed by atoms with van der Waals surface area (Å²) >= 11 is 1.27. The number of thiophene rings is 1. The summed E-state index contributed by atoms with van der Waals surface area (Å²) in [4.78, 5) is 28.3. The van der Waals surface area contributed by atoms with Crippen molar-refractivity contribution < 1.29 is 27.5 Å². The van der Waals surface area contributed by atoms with Crippen molar-refractivity contribution in [2.75, 3.05) is 25.0 Å². The maximum atomic E-state index is 12.9. The van der Waals surface area contributed by atoms with Gasteiger partial charge < -0.3 is 10.1 Å². The first-order valence-electron chi connectivity index (χ1n) is 9.27. The third-order valence-electron chi connectivity index (χ3n) is 4.74. The number of carbonyl (C=O) groups excluding carboxylic acids is 2. The topological polar surface area (TPSA) is 58.6 Å². The van der Waals surface area contributed by atoms with Gasteiger partial charge in [0, 0.05) is 23.5 Å². The molecule has 0 aliphatic carbocycles. The highest BCUT2D eigenvalue weighted by Crippen LogP contribution is 2.38. The molecular formula is C20H21F3N2O3S. The highest BCUT2D eigenvalue weighted by atomic mass is 32.1. The summed E-state index contributed by atoms with van der Waals surface area (Å²) in [5.74, 6) is -1.23. The third-order valence-corrected chi connectivity index (χ3v) is 5.87. The number of nitrogens with zero attached hydrogens (tertiary/aromatic N) is 1. The average molecular weight is 426 g/mol. The molecular weight excluding hydrogens is 405 g/mol. The van der Waals surface area contributed by atoms with Crippen LogP contribution in [-0.2, 0) is 23.9 Å². The van der Waals surface area contributed by atoms with Crippen LogP contribution in [0.1, 0.15) is 50.6 Å². The molecule has 0 fully saturated rings. The minimum Gasteiger partial charge on any atom is -0.462 e. The van der Waals surface area contributed by atoms with Gasteiger partial charge in [-0.05, 0) is 43.7 Å². The standard InChI is InChI=1S/C20H21F3N2O3S/c1-3-25-9-8-14-15(11-25)29-18(16(14)19(27)28-4-2)24-17(26)12-6-5-7-13(10-12)20(21,22)23/h5-7,10H,3-4,8-9,11H2,1-2H3,(H,24,26). The fraction of sp³-hybridized carbons (Fsp3) is 0.400. The molecule has 1 aromatic heterocycles. The molecule has 5 nitrogen and oxygen atoms in total. The number of fused-ring (bicyclic) bond motifs is 1. The maximum absolute atomic E-state index is 12.9. The van der Waals surface area contributed by atoms with Gasteiger partial charge in [0.15, 0.2) is 0 Å². The van der Waals surface area contributed by atoms with Crippen LogP contribution in [0, 0.1) is 0 Å². The number of rotatable bonds is 5. The van der Waals surface area contributed by atoms with Crippen LogP contribution in [0.5, 0.6) is 0 Å². The molecule has 156 valence electrons. The van der Waals surface area contributed by atoms with Gasteiger partial charge in [-0.3, -0.25) is 9.69 Å². The van der Waals surface area contributed by atoms with Crippen LogP contribution >= 0.6 is 11.3 Å². The second-order valence-electron chi connectivity index (χ2n) is 6.58. The molecule has 2 aromatic rings. The van der Waals surface area contributed by atoms with Gasteiger partial charge in [-0.2, -0.15) is 13.2 Å². The van der Waals surface area contributed by atoms with E-state index in [1.807, 2.05) is 6.92 Å². The molecule has 1 aromatic carbocycles. The van der Waals surface area contributed by atoms with Crippen molar-refractivity contribution in [2.24, 2.45) is 0 Å². The molecule has 29 heavy (non-hydrogen) atoms. The van der Waals surface area contributed by atoms with Crippen molar-refractivity contribution in [3.63, 3.8) is 0 Å². The van der Waals surface area contributed by atoms with Gasteiger partial charge in [-0.1, -0.05) is 13.0 Å². The van der Waals surface area contributed by atoms with Gasteiger partial charge in [-0.25, -0.2) is 4.79 Å². The smallest absolute Gasteiger partial charge is 0.416 e. The second-order valence-corrected chi connectivity index (χ2v) is 7.69. The summed E-state index contributed by atoms with van der Waals surface area (Å²) in [6.07, 6.45) is -3.90. The molecule has 0 saturated carbocycles. The quantitative estimate of drug-likeness (QED) is 0.712. The molecule has 3 rings (SSSR count). The van der Waals surface area contributed by atoms with Crippen LogP contribution < -0.4 is 5.32 Å². The minimum absolute atomic E-state index is 0.129. The number of esters is 1. The first kappa shape index (κ1) is 21.3. The first-order chi connectivity index (χ1) is 13.7. The number of nitrogens with one attached hydrogen (secondary N) is 1. The summed E-state index contributed by atoms with van der Waals surface area (Å²) in [6, 6.07) is 4.19. The monoisotopic (exact) mass is 426 g/mol. The number of halogens is 3. The lowest BCUT2D eigenvalue weighted by Gasteiger charge is -2.25. The average Bonchev–Trinajstić information content (AvgIpc) is 3.04. The van der Waals surface area contributed by atoms with E-state index in [4.69, 9.17) is 4.74 Å². The predicted molar refractivity (Wildman–Crippen MR) is 104 cm³/mol. The van der Waals surface area contributed by atoms with Gasteiger partial charge in [0.1, 0.15) is 5.00 Å². The number of benzene rings is 1. The number of hydrogen-bond donors (Lipinski definition) is 1. The van der Waals surface area contributed by atoms with Crippen molar-refractivity contribution >= 4 is 28.2 Å². The normalized spacial score (nSPS) is 14.4. The van der Waals surface area contributed by atoms with Crippen molar-refractivity contribution in [2.45, 2.75) is 33.0 Å². The van der Waals surface area contributed by atoms with Crippen molar-refractivity contribution in [3.8, 4) is 0 Å². The molecule has 1 aliphatic heterocycles. The van der Waals surface area contributed by atoms with Crippen LogP contribution in [0.4, 0.5) is 18.2 Å². The SMILES string of the molecule is CCOC(=O)c1c(NC(=O)c2cccc(C(F)(F)F)c2)sc2c1CCN(CC)C2. The number of carbonyl (C=O) groups is 2. The van der Waals surface area contributed by atoms with Crippen LogP contribution in [0.3, 0.4) is 0 Å². The van der Waals surface area contributed by atoms with Gasteiger partial charge in [0.05, 0.1) is 17.7 Å². The number of alkyl halides is 3. The van der Waals surface area contributed by atoms with Gasteiger partial charge in [0.25, 0.3) is 5.91 Å². The van der Waals surface area contributed by atoms with E-state index in [-0.39, 0.29) is 12.2 Å². The minimum atomic E-state index is -4.54. The Bertz CT molecular complexity index is 924. The molecule has 0 unspecified atom stereocenters. The summed E-state index contributed by atoms with van der Waals surface area (Å²) in [5.41, 5.74) is 0.122. The van der Waals surface area contributed by atoms with E-state index in [1.165, 1.54) is 23.5 Å². The molecule has 0 saturated heterocycles. The Morgan fingerprint density at radius 3 is 2.69 bits per heavy atom. The summed E-state index contributed by atoms with van der Waals surface area (Å²) in [7, 11) is 0. The molecule has 1 N–H and O–H groups in total. The van der Waals surface area contributed by atoms with E-state index in [2.05, 4.69) is 10.2 Å². The van der Waals surface area contributed by atoms with Crippen LogP contribution in [0.2, 0.25) is 0 Å². The number of anilines is 1. The Morgan fingerprint density at radius 1 is 1.28 bits per heavy atom. The largest absolute Gasteiger partial charge is 0.462 e. The van der Waals surface area contributed by atoms with Gasteiger partial charge >= 0.3 is 12.1 Å². The molecule has 9 heteroatoms. The maximum Gasteiger partial charge on any atom is 0.416 e. The molecule has 0 bridgehead atoms. The van der Waals surface area contributed by atoms with Crippen LogP contribution in [0.15, 0.2) is 24.3 Å². The first-order valence-corrected chi connectivity index (χ1v) is 10.1. The van der Waals surface area contributed by atoms with E-state index in [9.17, 15) is 22.8 Å². The number of hydrogen-bond acceptors (Lipinski definition) is 5. The summed E-state index contributed by atoms with van der Waals surface area (Å²) in [6.45, 7) is 6.22. The molecule has 1 aliphatic rings. The second kappa shape index (κ2) is 8.54. The van der Waals surface area contributed by atoms with Crippen molar-refractivity contribution in [1.29, 1.82) is 0 Å². The lowest BCUT2D eigenvalue weighted by Crippen LogP contribution is -2.30. The Hall–Kier alpha value is -2.39. The molecule has 0 spiro atoms. The summed E-state index contributed by atoms with van der Waals surface area (Å²) in [5, 5.41) is 2.94. The van der Waals surface area contributed by atoms with E-state index in [0.717, 1.165) is 35.7 Å². The van der Waals surface area contributed by atoms with Crippen LogP contribution in [0.25, 0.3) is 0 Å². The molecule has 2 heterocycles. The van der Waals surface area contributed by atoms with E-state index < -0.39 is 23.6 Å². The lowest BCUT2D eigenvalue weighted by molar-refractivity contribution is -0.137. The number of likely N-dealkylation sites (N-methyl/N-ethyl adjacent to an activating group) is 1. The van der Waals surface area contributed by atoms with E-state index in [1.54, 1.807) is 6.92 Å². The fourth-order valence-electron chi connectivity index (χ4n) is 3.25. The van der Waals surface area contributed by atoms with E-state index >= 15 is 0 Å². The zero-order valence-corrected chi connectivity index (χ0v) is 16.9. The Morgan fingerprint density at radius 2 is 2.03 bits per heavy atom. The highest BCUT2D eigenvalue weighted by Gasteiger charge is 2.32. The zero-order valence-electron chi connectivity index (χ0n) is 16.1.